The number of hydrogen-bond acceptors (Lipinski definition) is 4. The molecule has 0 fully saturated rings. The molecule has 1 aromatic rings. The number of benzene rings is 1. The molecule has 0 amide bonds. The van der Waals surface area contributed by atoms with Gasteiger partial charge >= 0.3 is 5.97 Å². The van der Waals surface area contributed by atoms with E-state index in [2.05, 4.69) is 0 Å². The lowest BCUT2D eigenvalue weighted by atomic mass is 10.1. The van der Waals surface area contributed by atoms with E-state index < -0.39 is 10.9 Å². The van der Waals surface area contributed by atoms with Crippen LogP contribution in [0.2, 0.25) is 0 Å². The molecule has 0 spiro atoms. The minimum absolute atomic E-state index is 0.0446. The van der Waals surface area contributed by atoms with E-state index >= 15 is 0 Å². The Morgan fingerprint density at radius 2 is 1.93 bits per heavy atom. The predicted octanol–water partition coefficient (Wildman–Crippen LogP) is 2.14. The van der Waals surface area contributed by atoms with Gasteiger partial charge in [0.25, 0.3) is 5.69 Å². The highest BCUT2D eigenvalue weighted by Crippen LogP contribution is 2.27. The topological polar surface area (TPSA) is 69.4 Å². The van der Waals surface area contributed by atoms with Gasteiger partial charge in [0, 0.05) is 12.5 Å². The molecule has 0 aromatic heterocycles. The summed E-state index contributed by atoms with van der Waals surface area (Å²) in [5.41, 5.74) is 1.21. The molecule has 0 aliphatic heterocycles. The largest absolute Gasteiger partial charge is 0.426 e. The van der Waals surface area contributed by atoms with E-state index in [0.717, 1.165) is 0 Å². The SMILES string of the molecule is CC(=O)Oc1cc([N+](=O)[O-])c(C)cc1C. The van der Waals surface area contributed by atoms with Gasteiger partial charge in [0.15, 0.2) is 0 Å². The van der Waals surface area contributed by atoms with E-state index in [-0.39, 0.29) is 11.4 Å². The van der Waals surface area contributed by atoms with Crippen molar-refractivity contribution in [2.45, 2.75) is 20.8 Å². The molecule has 1 rings (SSSR count). The van der Waals surface area contributed by atoms with Gasteiger partial charge in [-0.2, -0.15) is 0 Å². The maximum atomic E-state index is 10.7. The molecule has 0 saturated heterocycles. The molecule has 0 unspecified atom stereocenters. The van der Waals surface area contributed by atoms with Crippen molar-refractivity contribution in [3.8, 4) is 5.75 Å². The van der Waals surface area contributed by atoms with Crippen LogP contribution in [0.5, 0.6) is 5.75 Å². The molecule has 0 radical (unpaired) electrons. The van der Waals surface area contributed by atoms with Crippen LogP contribution in [-0.2, 0) is 4.79 Å². The van der Waals surface area contributed by atoms with Crippen molar-refractivity contribution in [3.05, 3.63) is 33.4 Å². The second-order valence-corrected chi connectivity index (χ2v) is 3.25. The standard InChI is InChI=1S/C10H11NO4/c1-6-4-7(2)10(15-8(3)12)5-9(6)11(13)14/h4-5H,1-3H3. The summed E-state index contributed by atoms with van der Waals surface area (Å²) in [4.78, 5) is 20.9. The van der Waals surface area contributed by atoms with Gasteiger partial charge in [-0.1, -0.05) is 0 Å². The van der Waals surface area contributed by atoms with Gasteiger partial charge in [-0.15, -0.1) is 0 Å². The average Bonchev–Trinajstić information content (AvgIpc) is 2.08. The Labute approximate surface area is 86.8 Å². The van der Waals surface area contributed by atoms with Gasteiger partial charge in [0.2, 0.25) is 0 Å². The summed E-state index contributed by atoms with van der Waals surface area (Å²) in [6.45, 7) is 4.63. The Morgan fingerprint density at radius 3 is 2.40 bits per heavy atom. The number of hydrogen-bond donors (Lipinski definition) is 0. The van der Waals surface area contributed by atoms with Crippen LogP contribution in [0, 0.1) is 24.0 Å². The number of nitro groups is 1. The molecule has 0 atom stereocenters. The Morgan fingerprint density at radius 1 is 1.33 bits per heavy atom. The van der Waals surface area contributed by atoms with Crippen molar-refractivity contribution in [1.29, 1.82) is 0 Å². The monoisotopic (exact) mass is 209 g/mol. The van der Waals surface area contributed by atoms with Gasteiger partial charge in [0.1, 0.15) is 5.75 Å². The first-order valence-corrected chi connectivity index (χ1v) is 4.36. The fourth-order valence-corrected chi connectivity index (χ4v) is 1.28. The first-order valence-electron chi connectivity index (χ1n) is 4.36. The van der Waals surface area contributed by atoms with Crippen molar-refractivity contribution in [2.24, 2.45) is 0 Å². The van der Waals surface area contributed by atoms with Gasteiger partial charge < -0.3 is 4.74 Å². The van der Waals surface area contributed by atoms with Crippen LogP contribution < -0.4 is 4.74 Å². The lowest BCUT2D eigenvalue weighted by Crippen LogP contribution is -2.04. The zero-order valence-electron chi connectivity index (χ0n) is 8.73. The van der Waals surface area contributed by atoms with Gasteiger partial charge in [-0.25, -0.2) is 0 Å². The summed E-state index contributed by atoms with van der Waals surface area (Å²) in [6, 6.07) is 2.89. The Hall–Kier alpha value is -1.91. The van der Waals surface area contributed by atoms with Crippen LogP contribution in [0.3, 0.4) is 0 Å². The predicted molar refractivity (Wildman–Crippen MR) is 53.9 cm³/mol. The highest BCUT2D eigenvalue weighted by atomic mass is 16.6. The first kappa shape index (κ1) is 11.2. The Bertz CT molecular complexity index is 426. The number of nitrogens with zero attached hydrogens (tertiary/aromatic N) is 1. The highest BCUT2D eigenvalue weighted by molar-refractivity contribution is 5.70. The number of ether oxygens (including phenoxy) is 1. The van der Waals surface area contributed by atoms with Gasteiger partial charge in [-0.3, -0.25) is 14.9 Å². The van der Waals surface area contributed by atoms with Crippen LogP contribution in [0.4, 0.5) is 5.69 Å². The van der Waals surface area contributed by atoms with Crippen LogP contribution in [-0.4, -0.2) is 10.9 Å². The third-order valence-electron chi connectivity index (χ3n) is 1.94. The number of rotatable bonds is 2. The molecule has 15 heavy (non-hydrogen) atoms. The zero-order chi connectivity index (χ0) is 11.6. The molecule has 5 nitrogen and oxygen atoms in total. The van der Waals surface area contributed by atoms with Crippen LogP contribution in [0.1, 0.15) is 18.1 Å². The van der Waals surface area contributed by atoms with E-state index in [1.807, 2.05) is 0 Å². The van der Waals surface area contributed by atoms with Crippen LogP contribution in [0.15, 0.2) is 12.1 Å². The van der Waals surface area contributed by atoms with E-state index in [1.165, 1.54) is 13.0 Å². The quantitative estimate of drug-likeness (QED) is 0.324. The lowest BCUT2D eigenvalue weighted by molar-refractivity contribution is -0.385. The molecular formula is C10H11NO4. The fourth-order valence-electron chi connectivity index (χ4n) is 1.28. The number of carbonyl (C=O) groups excluding carboxylic acids is 1. The Kier molecular flexibility index (Phi) is 3.04. The summed E-state index contributed by atoms with van der Waals surface area (Å²) < 4.78 is 4.85. The second-order valence-electron chi connectivity index (χ2n) is 3.25. The second kappa shape index (κ2) is 4.08. The van der Waals surface area contributed by atoms with E-state index in [9.17, 15) is 14.9 Å². The zero-order valence-corrected chi connectivity index (χ0v) is 8.73. The minimum Gasteiger partial charge on any atom is -0.426 e. The maximum absolute atomic E-state index is 10.7. The van der Waals surface area contributed by atoms with Gasteiger partial charge in [0.05, 0.1) is 11.0 Å². The number of esters is 1. The summed E-state index contributed by atoms with van der Waals surface area (Å²) in [7, 11) is 0. The first-order chi connectivity index (χ1) is 6.91. The average molecular weight is 209 g/mol. The van der Waals surface area contributed by atoms with Crippen molar-refractivity contribution in [2.75, 3.05) is 0 Å². The fraction of sp³-hybridized carbons (Fsp3) is 0.300. The molecule has 80 valence electrons. The summed E-state index contributed by atoms with van der Waals surface area (Å²) in [6.07, 6.45) is 0. The molecular weight excluding hydrogens is 198 g/mol. The number of carbonyl (C=O) groups is 1. The van der Waals surface area contributed by atoms with E-state index in [1.54, 1.807) is 19.9 Å². The maximum Gasteiger partial charge on any atom is 0.308 e. The molecule has 0 N–H and O–H groups in total. The third-order valence-corrected chi connectivity index (χ3v) is 1.94. The third kappa shape index (κ3) is 2.52. The molecule has 0 heterocycles. The minimum atomic E-state index is -0.498. The van der Waals surface area contributed by atoms with Crippen LogP contribution >= 0.6 is 0 Å². The smallest absolute Gasteiger partial charge is 0.308 e. The van der Waals surface area contributed by atoms with Crippen molar-refractivity contribution < 1.29 is 14.5 Å². The summed E-state index contributed by atoms with van der Waals surface area (Å²) >= 11 is 0. The van der Waals surface area contributed by atoms with Crippen molar-refractivity contribution >= 4 is 11.7 Å². The normalized spacial score (nSPS) is 9.80. The molecule has 0 aliphatic carbocycles. The molecule has 0 bridgehead atoms. The Balaban J connectivity index is 3.23. The number of nitro benzene ring substituents is 1. The molecule has 0 aliphatic rings. The van der Waals surface area contributed by atoms with E-state index in [4.69, 9.17) is 4.74 Å². The van der Waals surface area contributed by atoms with Crippen LogP contribution in [0.25, 0.3) is 0 Å². The van der Waals surface area contributed by atoms with E-state index in [0.29, 0.717) is 11.1 Å². The van der Waals surface area contributed by atoms with Gasteiger partial charge in [-0.05, 0) is 25.5 Å². The highest BCUT2D eigenvalue weighted by Gasteiger charge is 2.15. The van der Waals surface area contributed by atoms with Crippen molar-refractivity contribution in [3.63, 3.8) is 0 Å². The summed E-state index contributed by atoms with van der Waals surface area (Å²) in [5.74, 6) is -0.254. The molecule has 0 saturated carbocycles. The number of aryl methyl sites for hydroxylation is 2. The van der Waals surface area contributed by atoms with Crippen molar-refractivity contribution in [1.82, 2.24) is 0 Å². The molecule has 5 heteroatoms. The summed E-state index contributed by atoms with van der Waals surface area (Å²) in [5, 5.41) is 10.6. The lowest BCUT2D eigenvalue weighted by Gasteiger charge is -2.06. The molecule has 1 aromatic carbocycles.